The van der Waals surface area contributed by atoms with Gasteiger partial charge < -0.3 is 15.1 Å². The van der Waals surface area contributed by atoms with Crippen molar-refractivity contribution in [1.29, 1.82) is 5.26 Å². The standard InChI is InChI=1S/C21H18N4O3S2/c22-9-14-5-7-15(8-6-14)23-21(28)17-11-29-13-25(17)19(26)10-24-16-3-1-2-4-18(16)30-12-20(24)27/h1-8,17H,10-13H2,(H,23,28). The summed E-state index contributed by atoms with van der Waals surface area (Å²) in [6, 6.07) is 15.5. The third-order valence-electron chi connectivity index (χ3n) is 4.89. The summed E-state index contributed by atoms with van der Waals surface area (Å²) in [4.78, 5) is 42.2. The van der Waals surface area contributed by atoms with E-state index in [1.165, 1.54) is 33.3 Å². The summed E-state index contributed by atoms with van der Waals surface area (Å²) >= 11 is 2.97. The van der Waals surface area contributed by atoms with Gasteiger partial charge in [0, 0.05) is 16.3 Å². The van der Waals surface area contributed by atoms with Crippen LogP contribution in [0, 0.1) is 11.3 Å². The maximum absolute atomic E-state index is 13.0. The van der Waals surface area contributed by atoms with Crippen molar-refractivity contribution in [3.63, 3.8) is 0 Å². The Balaban J connectivity index is 1.45. The maximum Gasteiger partial charge on any atom is 0.248 e. The highest BCUT2D eigenvalue weighted by Crippen LogP contribution is 2.35. The van der Waals surface area contributed by atoms with Crippen molar-refractivity contribution in [1.82, 2.24) is 4.90 Å². The SMILES string of the molecule is N#Cc1ccc(NC(=O)C2CSCN2C(=O)CN2C(=O)CSc3ccccc32)cc1. The van der Waals surface area contributed by atoms with E-state index in [1.807, 2.05) is 30.3 Å². The number of nitriles is 1. The van der Waals surface area contributed by atoms with Gasteiger partial charge >= 0.3 is 0 Å². The number of benzene rings is 2. The van der Waals surface area contributed by atoms with Gasteiger partial charge in [-0.05, 0) is 36.4 Å². The predicted octanol–water partition coefficient (Wildman–Crippen LogP) is 2.54. The molecule has 1 atom stereocenters. The summed E-state index contributed by atoms with van der Waals surface area (Å²) in [6.07, 6.45) is 0. The van der Waals surface area contributed by atoms with Gasteiger partial charge in [-0.2, -0.15) is 5.26 Å². The van der Waals surface area contributed by atoms with Gasteiger partial charge in [-0.25, -0.2) is 0 Å². The minimum Gasteiger partial charge on any atom is -0.324 e. The second kappa shape index (κ2) is 8.81. The number of carbonyl (C=O) groups excluding carboxylic acids is 3. The summed E-state index contributed by atoms with van der Waals surface area (Å²) in [5.41, 5.74) is 1.81. The van der Waals surface area contributed by atoms with Gasteiger partial charge in [-0.1, -0.05) is 12.1 Å². The lowest BCUT2D eigenvalue weighted by Gasteiger charge is -2.31. The third-order valence-corrected chi connectivity index (χ3v) is 6.95. The molecule has 4 rings (SSSR count). The summed E-state index contributed by atoms with van der Waals surface area (Å²) in [5.74, 6) is 0.546. The van der Waals surface area contributed by atoms with Crippen LogP contribution in [-0.2, 0) is 14.4 Å². The van der Waals surface area contributed by atoms with Crippen LogP contribution in [0.4, 0.5) is 11.4 Å². The number of thioether (sulfide) groups is 2. The normalized spacial score (nSPS) is 18.0. The minimum absolute atomic E-state index is 0.0857. The summed E-state index contributed by atoms with van der Waals surface area (Å²) in [7, 11) is 0. The molecule has 0 radical (unpaired) electrons. The second-order valence-electron chi connectivity index (χ2n) is 6.79. The van der Waals surface area contributed by atoms with Crippen LogP contribution in [-0.4, -0.2) is 52.6 Å². The van der Waals surface area contributed by atoms with E-state index in [2.05, 4.69) is 5.32 Å². The zero-order valence-electron chi connectivity index (χ0n) is 15.9. The molecule has 0 saturated carbocycles. The number of hydrogen-bond acceptors (Lipinski definition) is 6. The van der Waals surface area contributed by atoms with Crippen molar-refractivity contribution in [2.24, 2.45) is 0 Å². The van der Waals surface area contributed by atoms with Crippen LogP contribution in [0.2, 0.25) is 0 Å². The lowest BCUT2D eigenvalue weighted by Crippen LogP contribution is -2.50. The molecule has 7 nitrogen and oxygen atoms in total. The number of nitrogens with one attached hydrogen (secondary N) is 1. The Kier molecular flexibility index (Phi) is 5.97. The summed E-state index contributed by atoms with van der Waals surface area (Å²) in [5, 5.41) is 11.7. The van der Waals surface area contributed by atoms with Crippen molar-refractivity contribution < 1.29 is 14.4 Å². The Hall–Kier alpha value is -2.96. The van der Waals surface area contributed by atoms with Crippen LogP contribution in [0.15, 0.2) is 53.4 Å². The van der Waals surface area contributed by atoms with E-state index in [-0.39, 0.29) is 24.3 Å². The molecule has 1 N–H and O–H groups in total. The van der Waals surface area contributed by atoms with Crippen LogP contribution in [0.3, 0.4) is 0 Å². The summed E-state index contributed by atoms with van der Waals surface area (Å²) < 4.78 is 0. The molecule has 0 bridgehead atoms. The number of hydrogen-bond donors (Lipinski definition) is 1. The first-order valence-corrected chi connectivity index (χ1v) is 11.4. The van der Waals surface area contributed by atoms with Gasteiger partial charge in [0.25, 0.3) is 0 Å². The van der Waals surface area contributed by atoms with Gasteiger partial charge in [0.15, 0.2) is 0 Å². The topological polar surface area (TPSA) is 93.5 Å². The number of nitrogens with zero attached hydrogens (tertiary/aromatic N) is 3. The quantitative estimate of drug-likeness (QED) is 0.789. The van der Waals surface area contributed by atoms with Crippen LogP contribution in [0.1, 0.15) is 5.56 Å². The first-order valence-electron chi connectivity index (χ1n) is 9.27. The molecule has 2 aliphatic rings. The van der Waals surface area contributed by atoms with Crippen molar-refractivity contribution in [3.05, 3.63) is 54.1 Å². The number of anilines is 2. The Bertz CT molecular complexity index is 1040. The monoisotopic (exact) mass is 438 g/mol. The Morgan fingerprint density at radius 1 is 1.17 bits per heavy atom. The van der Waals surface area contributed by atoms with Crippen molar-refractivity contribution in [2.45, 2.75) is 10.9 Å². The second-order valence-corrected chi connectivity index (χ2v) is 8.81. The Labute approximate surface area is 182 Å². The molecule has 1 fully saturated rings. The fourth-order valence-electron chi connectivity index (χ4n) is 3.31. The molecular formula is C21H18N4O3S2. The predicted molar refractivity (Wildman–Crippen MR) is 117 cm³/mol. The van der Waals surface area contributed by atoms with E-state index in [9.17, 15) is 14.4 Å². The first-order chi connectivity index (χ1) is 14.6. The van der Waals surface area contributed by atoms with E-state index in [0.29, 0.717) is 28.6 Å². The molecule has 3 amide bonds. The Morgan fingerprint density at radius 2 is 1.93 bits per heavy atom. The number of fused-ring (bicyclic) bond motifs is 1. The van der Waals surface area contributed by atoms with Gasteiger partial charge in [0.05, 0.1) is 28.9 Å². The molecule has 2 aliphatic heterocycles. The fraction of sp³-hybridized carbons (Fsp3) is 0.238. The lowest BCUT2D eigenvalue weighted by molar-refractivity contribution is -0.135. The van der Waals surface area contributed by atoms with E-state index in [4.69, 9.17) is 5.26 Å². The molecule has 2 aromatic carbocycles. The van der Waals surface area contributed by atoms with Crippen molar-refractivity contribution in [2.75, 3.05) is 34.1 Å². The van der Waals surface area contributed by atoms with Crippen molar-refractivity contribution in [3.8, 4) is 6.07 Å². The average molecular weight is 439 g/mol. The molecule has 0 spiro atoms. The summed E-state index contributed by atoms with van der Waals surface area (Å²) in [6.45, 7) is -0.0857. The minimum atomic E-state index is -0.609. The molecule has 152 valence electrons. The highest BCUT2D eigenvalue weighted by atomic mass is 32.2. The Morgan fingerprint density at radius 3 is 2.70 bits per heavy atom. The van der Waals surface area contributed by atoms with Crippen LogP contribution in [0.25, 0.3) is 0 Å². The molecular weight excluding hydrogens is 420 g/mol. The van der Waals surface area contributed by atoms with Gasteiger partial charge in [0.2, 0.25) is 17.7 Å². The zero-order chi connectivity index (χ0) is 21.1. The van der Waals surface area contributed by atoms with Crippen LogP contribution in [0.5, 0.6) is 0 Å². The average Bonchev–Trinajstić information content (AvgIpc) is 3.26. The van der Waals surface area contributed by atoms with Gasteiger partial charge in [-0.15, -0.1) is 23.5 Å². The first kappa shape index (κ1) is 20.3. The largest absolute Gasteiger partial charge is 0.324 e. The molecule has 30 heavy (non-hydrogen) atoms. The molecule has 0 aromatic heterocycles. The lowest BCUT2D eigenvalue weighted by atomic mass is 10.2. The van der Waals surface area contributed by atoms with E-state index >= 15 is 0 Å². The molecule has 1 unspecified atom stereocenters. The molecule has 2 aromatic rings. The fourth-order valence-corrected chi connectivity index (χ4v) is 5.43. The number of amides is 3. The third kappa shape index (κ3) is 4.15. The van der Waals surface area contributed by atoms with Crippen molar-refractivity contribution >= 4 is 52.6 Å². The van der Waals surface area contributed by atoms with Gasteiger partial charge in [-0.3, -0.25) is 14.4 Å². The molecule has 9 heteroatoms. The van der Waals surface area contributed by atoms with E-state index < -0.39 is 6.04 Å². The van der Waals surface area contributed by atoms with E-state index in [0.717, 1.165) is 10.6 Å². The molecule has 0 aliphatic carbocycles. The maximum atomic E-state index is 13.0. The van der Waals surface area contributed by atoms with Crippen LogP contribution >= 0.6 is 23.5 Å². The van der Waals surface area contributed by atoms with Crippen LogP contribution < -0.4 is 10.2 Å². The molecule has 1 saturated heterocycles. The zero-order valence-corrected chi connectivity index (χ0v) is 17.5. The smallest absolute Gasteiger partial charge is 0.248 e. The number of carbonyl (C=O) groups is 3. The number of rotatable bonds is 4. The molecule has 2 heterocycles. The highest BCUT2D eigenvalue weighted by Gasteiger charge is 2.36. The van der Waals surface area contributed by atoms with E-state index in [1.54, 1.807) is 24.3 Å². The highest BCUT2D eigenvalue weighted by molar-refractivity contribution is 8.00. The number of para-hydroxylation sites is 1. The van der Waals surface area contributed by atoms with Gasteiger partial charge in [0.1, 0.15) is 12.6 Å².